The second-order valence-electron chi connectivity index (χ2n) is 4.90. The first-order valence-corrected chi connectivity index (χ1v) is 6.75. The molecule has 19 heavy (non-hydrogen) atoms. The van der Waals surface area contributed by atoms with Crippen molar-refractivity contribution in [1.29, 1.82) is 0 Å². The molecule has 0 bridgehead atoms. The van der Waals surface area contributed by atoms with Gasteiger partial charge in [-0.15, -0.1) is 0 Å². The van der Waals surface area contributed by atoms with Gasteiger partial charge in [-0.1, -0.05) is 24.4 Å². The van der Waals surface area contributed by atoms with E-state index in [1.807, 2.05) is 0 Å². The molecular formula is C13H18ClN3O2. The van der Waals surface area contributed by atoms with Crippen molar-refractivity contribution < 1.29 is 9.90 Å². The predicted molar refractivity (Wildman–Crippen MR) is 74.0 cm³/mol. The number of hydrogen-bond donors (Lipinski definition) is 2. The Morgan fingerprint density at radius 1 is 1.47 bits per heavy atom. The maximum absolute atomic E-state index is 12.4. The standard InChI is InChI=1S/C13H18ClN3O2/c1-17(9-4-2-3-5-10(9)18)13(19)12-8(14)6-7-11(15)16-12/h6-7,9-10,18H,2-5H2,1H3,(H2,15,16). The van der Waals surface area contributed by atoms with Crippen molar-refractivity contribution in [2.75, 3.05) is 12.8 Å². The summed E-state index contributed by atoms with van der Waals surface area (Å²) in [4.78, 5) is 17.9. The van der Waals surface area contributed by atoms with Crippen molar-refractivity contribution in [3.8, 4) is 0 Å². The van der Waals surface area contributed by atoms with E-state index in [2.05, 4.69) is 4.98 Å². The third-order valence-electron chi connectivity index (χ3n) is 3.58. The van der Waals surface area contributed by atoms with Crippen molar-refractivity contribution in [2.24, 2.45) is 0 Å². The Labute approximate surface area is 117 Å². The minimum absolute atomic E-state index is 0.141. The molecule has 2 rings (SSSR count). The molecule has 3 N–H and O–H groups in total. The lowest BCUT2D eigenvalue weighted by Gasteiger charge is -2.35. The summed E-state index contributed by atoms with van der Waals surface area (Å²) in [6, 6.07) is 2.93. The van der Waals surface area contributed by atoms with Crippen LogP contribution >= 0.6 is 11.6 Å². The zero-order chi connectivity index (χ0) is 14.0. The average molecular weight is 284 g/mol. The number of aliphatic hydroxyl groups excluding tert-OH is 1. The molecule has 2 atom stereocenters. The summed E-state index contributed by atoms with van der Waals surface area (Å²) in [6.45, 7) is 0. The SMILES string of the molecule is CN(C(=O)c1nc(N)ccc1Cl)C1CCCCC1O. The van der Waals surface area contributed by atoms with Crippen molar-refractivity contribution in [3.05, 3.63) is 22.8 Å². The summed E-state index contributed by atoms with van der Waals surface area (Å²) in [5.74, 6) is -0.0476. The second-order valence-corrected chi connectivity index (χ2v) is 5.31. The number of nitrogens with zero attached hydrogens (tertiary/aromatic N) is 2. The fourth-order valence-corrected chi connectivity index (χ4v) is 2.65. The molecule has 0 aliphatic heterocycles. The van der Waals surface area contributed by atoms with Gasteiger partial charge in [0, 0.05) is 7.05 Å². The Morgan fingerprint density at radius 2 is 2.16 bits per heavy atom. The van der Waals surface area contributed by atoms with Crippen LogP contribution in [0.4, 0.5) is 5.82 Å². The van der Waals surface area contributed by atoms with Gasteiger partial charge < -0.3 is 15.7 Å². The number of carbonyl (C=O) groups is 1. The number of aliphatic hydroxyl groups is 1. The van der Waals surface area contributed by atoms with Crippen molar-refractivity contribution in [1.82, 2.24) is 9.88 Å². The van der Waals surface area contributed by atoms with E-state index in [0.717, 1.165) is 25.7 Å². The molecule has 5 nitrogen and oxygen atoms in total. The fourth-order valence-electron chi connectivity index (χ4n) is 2.47. The van der Waals surface area contributed by atoms with E-state index in [9.17, 15) is 9.90 Å². The van der Waals surface area contributed by atoms with Crippen LogP contribution in [0.1, 0.15) is 36.2 Å². The average Bonchev–Trinajstić information content (AvgIpc) is 2.40. The van der Waals surface area contributed by atoms with Gasteiger partial charge in [0.15, 0.2) is 0 Å². The van der Waals surface area contributed by atoms with E-state index < -0.39 is 6.10 Å². The number of anilines is 1. The number of amides is 1. The molecule has 1 aromatic heterocycles. The molecule has 1 fully saturated rings. The molecule has 1 heterocycles. The topological polar surface area (TPSA) is 79.5 Å². The number of pyridine rings is 1. The first-order chi connectivity index (χ1) is 9.00. The molecule has 6 heteroatoms. The van der Waals surface area contributed by atoms with E-state index in [1.54, 1.807) is 19.2 Å². The number of nitrogen functional groups attached to an aromatic ring is 1. The number of rotatable bonds is 2. The lowest BCUT2D eigenvalue weighted by molar-refractivity contribution is 0.0264. The summed E-state index contributed by atoms with van der Waals surface area (Å²) in [5.41, 5.74) is 5.72. The minimum atomic E-state index is -0.484. The zero-order valence-corrected chi connectivity index (χ0v) is 11.6. The number of halogens is 1. The van der Waals surface area contributed by atoms with Crippen LogP contribution in [0.5, 0.6) is 0 Å². The minimum Gasteiger partial charge on any atom is -0.391 e. The third kappa shape index (κ3) is 2.98. The molecule has 1 aliphatic rings. The Hall–Kier alpha value is -1.33. The molecular weight excluding hydrogens is 266 g/mol. The first-order valence-electron chi connectivity index (χ1n) is 6.38. The third-order valence-corrected chi connectivity index (χ3v) is 3.89. The second kappa shape index (κ2) is 5.75. The zero-order valence-electron chi connectivity index (χ0n) is 10.8. The van der Waals surface area contributed by atoms with Gasteiger partial charge in [-0.25, -0.2) is 4.98 Å². The molecule has 104 valence electrons. The molecule has 2 unspecified atom stereocenters. The van der Waals surface area contributed by atoms with Gasteiger partial charge in [-0.2, -0.15) is 0 Å². The summed E-state index contributed by atoms with van der Waals surface area (Å²) < 4.78 is 0. The summed E-state index contributed by atoms with van der Waals surface area (Å²) >= 11 is 5.98. The summed E-state index contributed by atoms with van der Waals surface area (Å²) in [6.07, 6.45) is 3.04. The molecule has 0 radical (unpaired) electrons. The van der Waals surface area contributed by atoms with E-state index >= 15 is 0 Å². The largest absolute Gasteiger partial charge is 0.391 e. The van der Waals surface area contributed by atoms with E-state index in [-0.39, 0.29) is 28.5 Å². The summed E-state index contributed by atoms with van der Waals surface area (Å²) in [5, 5.41) is 10.3. The number of nitrogens with two attached hydrogens (primary N) is 1. The van der Waals surface area contributed by atoms with Gasteiger partial charge in [0.1, 0.15) is 11.5 Å². The normalized spacial score (nSPS) is 23.1. The van der Waals surface area contributed by atoms with Gasteiger partial charge in [-0.3, -0.25) is 4.79 Å². The predicted octanol–water partition coefficient (Wildman–Crippen LogP) is 1.69. The molecule has 0 aromatic carbocycles. The van der Waals surface area contributed by atoms with Crippen LogP contribution in [0.25, 0.3) is 0 Å². The van der Waals surface area contributed by atoms with Gasteiger partial charge in [0.05, 0.1) is 17.2 Å². The van der Waals surface area contributed by atoms with Crippen LogP contribution in [0, 0.1) is 0 Å². The highest BCUT2D eigenvalue weighted by molar-refractivity contribution is 6.33. The number of aromatic nitrogens is 1. The molecule has 1 aliphatic carbocycles. The molecule has 1 aromatic rings. The molecule has 0 saturated heterocycles. The number of likely N-dealkylation sites (N-methyl/N-ethyl adjacent to an activating group) is 1. The highest BCUT2D eigenvalue weighted by Gasteiger charge is 2.31. The van der Waals surface area contributed by atoms with Crippen molar-refractivity contribution in [2.45, 2.75) is 37.8 Å². The first kappa shape index (κ1) is 14.1. The number of carbonyl (C=O) groups excluding carboxylic acids is 1. The fraction of sp³-hybridized carbons (Fsp3) is 0.538. The lowest BCUT2D eigenvalue weighted by Crippen LogP contribution is -2.46. The Kier molecular flexibility index (Phi) is 4.27. The highest BCUT2D eigenvalue weighted by atomic mass is 35.5. The van der Waals surface area contributed by atoms with Crippen LogP contribution in [0.3, 0.4) is 0 Å². The smallest absolute Gasteiger partial charge is 0.274 e. The van der Waals surface area contributed by atoms with Crippen LogP contribution in [-0.4, -0.2) is 40.1 Å². The summed E-state index contributed by atoms with van der Waals surface area (Å²) in [7, 11) is 1.67. The monoisotopic (exact) mass is 283 g/mol. The van der Waals surface area contributed by atoms with Gasteiger partial charge >= 0.3 is 0 Å². The molecule has 0 spiro atoms. The maximum Gasteiger partial charge on any atom is 0.274 e. The van der Waals surface area contributed by atoms with Gasteiger partial charge in [0.2, 0.25) is 0 Å². The lowest BCUT2D eigenvalue weighted by atomic mass is 9.91. The number of hydrogen-bond acceptors (Lipinski definition) is 4. The van der Waals surface area contributed by atoms with Crippen molar-refractivity contribution >= 4 is 23.3 Å². The Bertz CT molecular complexity index is 481. The van der Waals surface area contributed by atoms with Crippen molar-refractivity contribution in [3.63, 3.8) is 0 Å². The van der Waals surface area contributed by atoms with Gasteiger partial charge in [-0.05, 0) is 25.0 Å². The Balaban J connectivity index is 2.20. The van der Waals surface area contributed by atoms with Crippen LogP contribution in [-0.2, 0) is 0 Å². The molecule has 1 saturated carbocycles. The maximum atomic E-state index is 12.4. The quantitative estimate of drug-likeness (QED) is 0.866. The van der Waals surface area contributed by atoms with Crippen LogP contribution in [0.15, 0.2) is 12.1 Å². The Morgan fingerprint density at radius 3 is 2.84 bits per heavy atom. The van der Waals surface area contributed by atoms with Crippen LogP contribution < -0.4 is 5.73 Å². The molecule has 1 amide bonds. The van der Waals surface area contributed by atoms with E-state index in [4.69, 9.17) is 17.3 Å². The van der Waals surface area contributed by atoms with E-state index in [0.29, 0.717) is 0 Å². The highest BCUT2D eigenvalue weighted by Crippen LogP contribution is 2.25. The van der Waals surface area contributed by atoms with Gasteiger partial charge in [0.25, 0.3) is 5.91 Å². The van der Waals surface area contributed by atoms with E-state index in [1.165, 1.54) is 4.90 Å². The van der Waals surface area contributed by atoms with Crippen LogP contribution in [0.2, 0.25) is 5.02 Å².